The zero-order chi connectivity index (χ0) is 18.7. The molecule has 1 atom stereocenters. The molecule has 0 aliphatic heterocycles. The number of amides is 1. The molecule has 1 amide bonds. The topological polar surface area (TPSA) is 29.1 Å². The molecule has 2 nitrogen and oxygen atoms in total. The van der Waals surface area contributed by atoms with Crippen molar-refractivity contribution in [3.05, 3.63) is 83.6 Å². The summed E-state index contributed by atoms with van der Waals surface area (Å²) < 4.78 is 38.2. The van der Waals surface area contributed by atoms with Crippen LogP contribution in [0.5, 0.6) is 0 Å². The number of hydrogen-bond acceptors (Lipinski definition) is 1. The summed E-state index contributed by atoms with van der Waals surface area (Å²) in [6.07, 6.45) is 2.33. The van der Waals surface area contributed by atoms with E-state index < -0.39 is 11.7 Å². The number of rotatable bonds is 3. The van der Waals surface area contributed by atoms with E-state index >= 15 is 0 Å². The predicted octanol–water partition coefficient (Wildman–Crippen LogP) is 5.58. The van der Waals surface area contributed by atoms with Crippen LogP contribution in [0.4, 0.5) is 13.2 Å². The van der Waals surface area contributed by atoms with Crippen LogP contribution >= 0.6 is 0 Å². The van der Waals surface area contributed by atoms with E-state index in [-0.39, 0.29) is 5.91 Å². The van der Waals surface area contributed by atoms with Crippen molar-refractivity contribution in [2.24, 2.45) is 5.92 Å². The molecular weight excluding hydrogens is 339 g/mol. The lowest BCUT2D eigenvalue weighted by Crippen LogP contribution is -2.23. The van der Waals surface area contributed by atoms with Crippen molar-refractivity contribution in [2.45, 2.75) is 19.5 Å². The van der Waals surface area contributed by atoms with Crippen molar-refractivity contribution in [1.29, 1.82) is 0 Å². The van der Waals surface area contributed by atoms with E-state index in [1.54, 1.807) is 24.3 Å². The fraction of sp³-hybridized carbons (Fsp3) is 0.190. The number of carbonyl (C=O) groups excluding carboxylic acids is 1. The Hall–Kier alpha value is -2.82. The van der Waals surface area contributed by atoms with Crippen molar-refractivity contribution in [2.75, 3.05) is 0 Å². The molecule has 0 fully saturated rings. The van der Waals surface area contributed by atoms with E-state index in [0.717, 1.165) is 24.3 Å². The number of halogens is 3. The van der Waals surface area contributed by atoms with Crippen molar-refractivity contribution in [3.63, 3.8) is 0 Å². The first-order valence-electron chi connectivity index (χ1n) is 8.31. The molecule has 3 rings (SSSR count). The number of allylic oxidation sites excluding steroid dienone is 3. The van der Waals surface area contributed by atoms with Gasteiger partial charge in [-0.3, -0.25) is 4.79 Å². The molecule has 5 heteroatoms. The van der Waals surface area contributed by atoms with Gasteiger partial charge in [0.1, 0.15) is 0 Å². The van der Waals surface area contributed by atoms with Gasteiger partial charge in [0.15, 0.2) is 0 Å². The van der Waals surface area contributed by atoms with E-state index in [1.807, 2.05) is 18.2 Å². The first-order chi connectivity index (χ1) is 12.3. The zero-order valence-electron chi connectivity index (χ0n) is 14.2. The Balaban J connectivity index is 1.86. The fourth-order valence-electron chi connectivity index (χ4n) is 2.79. The summed E-state index contributed by atoms with van der Waals surface area (Å²) in [7, 11) is 0. The van der Waals surface area contributed by atoms with Gasteiger partial charge in [-0.25, -0.2) is 0 Å². The first-order valence-corrected chi connectivity index (χ1v) is 8.31. The lowest BCUT2D eigenvalue weighted by molar-refractivity contribution is -0.137. The third-order valence-electron chi connectivity index (χ3n) is 4.27. The molecule has 2 aromatic carbocycles. The van der Waals surface area contributed by atoms with Gasteiger partial charge in [-0.15, -0.1) is 0 Å². The Labute approximate surface area is 150 Å². The van der Waals surface area contributed by atoms with Gasteiger partial charge >= 0.3 is 6.18 Å². The Bertz CT molecular complexity index is 864. The fourth-order valence-corrected chi connectivity index (χ4v) is 2.79. The Morgan fingerprint density at radius 3 is 2.38 bits per heavy atom. The number of nitrogens with one attached hydrogen (secondary N) is 1. The van der Waals surface area contributed by atoms with Crippen molar-refractivity contribution in [3.8, 4) is 11.1 Å². The smallest absolute Gasteiger partial charge is 0.322 e. The minimum Gasteiger partial charge on any atom is -0.322 e. The van der Waals surface area contributed by atoms with Crippen LogP contribution in [0.2, 0.25) is 0 Å². The molecule has 1 aliphatic carbocycles. The van der Waals surface area contributed by atoms with Crippen molar-refractivity contribution >= 4 is 5.91 Å². The van der Waals surface area contributed by atoms with Gasteiger partial charge in [-0.1, -0.05) is 49.4 Å². The van der Waals surface area contributed by atoms with Gasteiger partial charge in [0.2, 0.25) is 0 Å². The van der Waals surface area contributed by atoms with Gasteiger partial charge in [-0.2, -0.15) is 13.2 Å². The standard InChI is InChI=1S/C21H18F3NO/c1-14-6-12-17(13-7-14)25-20(26)19-5-3-2-4-18(19)15-8-10-16(11-9-15)21(22,23)24/h2-6,8-14H,7H2,1H3,(H,25,26). The SMILES string of the molecule is CC1C=CC(NC(=O)c2ccccc2-c2ccc(C(F)(F)F)cc2)=CC1. The van der Waals surface area contributed by atoms with Crippen molar-refractivity contribution < 1.29 is 18.0 Å². The second-order valence-corrected chi connectivity index (χ2v) is 6.31. The van der Waals surface area contributed by atoms with E-state index in [1.165, 1.54) is 12.1 Å². The molecule has 0 saturated heterocycles. The molecule has 26 heavy (non-hydrogen) atoms. The maximum absolute atomic E-state index is 12.7. The number of benzene rings is 2. The highest BCUT2D eigenvalue weighted by Gasteiger charge is 2.30. The van der Waals surface area contributed by atoms with Gasteiger partial charge in [-0.05, 0) is 47.7 Å². The Kier molecular flexibility index (Phi) is 4.98. The minimum atomic E-state index is -4.38. The minimum absolute atomic E-state index is 0.286. The molecule has 0 heterocycles. The summed E-state index contributed by atoms with van der Waals surface area (Å²) in [5.41, 5.74) is 1.59. The molecule has 0 aromatic heterocycles. The number of carbonyl (C=O) groups is 1. The monoisotopic (exact) mass is 357 g/mol. The van der Waals surface area contributed by atoms with E-state index in [9.17, 15) is 18.0 Å². The van der Waals surface area contributed by atoms with Crippen LogP contribution in [-0.2, 0) is 6.18 Å². The molecular formula is C21H18F3NO. The molecule has 0 bridgehead atoms. The molecule has 0 spiro atoms. The average Bonchev–Trinajstić information content (AvgIpc) is 2.63. The van der Waals surface area contributed by atoms with Gasteiger partial charge < -0.3 is 5.32 Å². The summed E-state index contributed by atoms with van der Waals surface area (Å²) in [5.74, 6) is 0.154. The quantitative estimate of drug-likeness (QED) is 0.763. The highest BCUT2D eigenvalue weighted by atomic mass is 19.4. The normalized spacial score (nSPS) is 16.9. The molecule has 0 radical (unpaired) electrons. The van der Waals surface area contributed by atoms with Crippen LogP contribution in [0, 0.1) is 5.92 Å². The van der Waals surface area contributed by atoms with Crippen LogP contribution in [0.1, 0.15) is 29.3 Å². The molecule has 1 unspecified atom stereocenters. The highest BCUT2D eigenvalue weighted by molar-refractivity contribution is 6.01. The second-order valence-electron chi connectivity index (χ2n) is 6.31. The molecule has 1 N–H and O–H groups in total. The molecule has 0 saturated carbocycles. The summed E-state index contributed by atoms with van der Waals surface area (Å²) in [5, 5.41) is 2.86. The number of alkyl halides is 3. The lowest BCUT2D eigenvalue weighted by atomic mass is 9.97. The first kappa shape index (κ1) is 18.0. The average molecular weight is 357 g/mol. The van der Waals surface area contributed by atoms with Crippen LogP contribution in [0.25, 0.3) is 11.1 Å². The predicted molar refractivity (Wildman–Crippen MR) is 95.4 cm³/mol. The summed E-state index contributed by atoms with van der Waals surface area (Å²) in [4.78, 5) is 12.6. The van der Waals surface area contributed by atoms with E-state index in [2.05, 4.69) is 12.2 Å². The van der Waals surface area contributed by atoms with Crippen LogP contribution in [0.3, 0.4) is 0 Å². The summed E-state index contributed by atoms with van der Waals surface area (Å²) in [6, 6.07) is 11.7. The third-order valence-corrected chi connectivity index (χ3v) is 4.27. The van der Waals surface area contributed by atoms with Gasteiger partial charge in [0, 0.05) is 11.3 Å². The van der Waals surface area contributed by atoms with Crippen LogP contribution < -0.4 is 5.32 Å². The molecule has 2 aromatic rings. The van der Waals surface area contributed by atoms with Gasteiger partial charge in [0.05, 0.1) is 5.56 Å². The van der Waals surface area contributed by atoms with Gasteiger partial charge in [0.25, 0.3) is 5.91 Å². The second kappa shape index (κ2) is 7.20. The largest absolute Gasteiger partial charge is 0.416 e. The maximum Gasteiger partial charge on any atom is 0.416 e. The van der Waals surface area contributed by atoms with Crippen LogP contribution in [0.15, 0.2) is 72.5 Å². The maximum atomic E-state index is 12.7. The van der Waals surface area contributed by atoms with Crippen LogP contribution in [-0.4, -0.2) is 5.91 Å². The molecule has 134 valence electrons. The highest BCUT2D eigenvalue weighted by Crippen LogP contribution is 2.32. The molecule has 1 aliphatic rings. The Morgan fingerprint density at radius 1 is 1.08 bits per heavy atom. The number of hydrogen-bond donors (Lipinski definition) is 1. The third kappa shape index (κ3) is 4.04. The zero-order valence-corrected chi connectivity index (χ0v) is 14.2. The summed E-state index contributed by atoms with van der Waals surface area (Å²) >= 11 is 0. The van der Waals surface area contributed by atoms with E-state index in [0.29, 0.717) is 22.6 Å². The summed E-state index contributed by atoms with van der Waals surface area (Å²) in [6.45, 7) is 2.09. The van der Waals surface area contributed by atoms with Crippen molar-refractivity contribution in [1.82, 2.24) is 5.32 Å². The Morgan fingerprint density at radius 2 is 1.77 bits per heavy atom. The van der Waals surface area contributed by atoms with E-state index in [4.69, 9.17) is 0 Å². The lowest BCUT2D eigenvalue weighted by Gasteiger charge is -2.15.